The largest absolute Gasteiger partial charge is 0.329 e. The Morgan fingerprint density at radius 1 is 1.26 bits per heavy atom. The fourth-order valence-electron chi connectivity index (χ4n) is 1.99. The van der Waals surface area contributed by atoms with Crippen molar-refractivity contribution in [2.24, 2.45) is 0 Å². The van der Waals surface area contributed by atoms with Crippen molar-refractivity contribution in [2.75, 3.05) is 0 Å². The first-order valence-electron chi connectivity index (χ1n) is 6.10. The maximum atomic E-state index is 12.2. The molecule has 1 N–H and O–H groups in total. The minimum atomic E-state index is -0.476. The lowest BCUT2D eigenvalue weighted by atomic mass is 10.1. The van der Waals surface area contributed by atoms with Crippen molar-refractivity contribution >= 4 is 11.6 Å². The van der Waals surface area contributed by atoms with Crippen LogP contribution in [0.5, 0.6) is 0 Å². The summed E-state index contributed by atoms with van der Waals surface area (Å²) in [5, 5.41) is 0.138. The van der Waals surface area contributed by atoms with Crippen LogP contribution in [-0.4, -0.2) is 9.55 Å². The zero-order valence-corrected chi connectivity index (χ0v) is 11.6. The first-order chi connectivity index (χ1) is 9.04. The summed E-state index contributed by atoms with van der Waals surface area (Å²) in [6.07, 6.45) is 0.488. The van der Waals surface area contributed by atoms with Crippen molar-refractivity contribution in [3.63, 3.8) is 0 Å². The molecule has 2 aromatic rings. The van der Waals surface area contributed by atoms with Gasteiger partial charge in [0.2, 0.25) is 0 Å². The van der Waals surface area contributed by atoms with Crippen molar-refractivity contribution < 1.29 is 0 Å². The highest BCUT2D eigenvalue weighted by molar-refractivity contribution is 6.30. The second-order valence-corrected chi connectivity index (χ2v) is 4.77. The van der Waals surface area contributed by atoms with Gasteiger partial charge in [-0.05, 0) is 24.5 Å². The standard InChI is InChI=1S/C14H15ClN2O2/c1-3-11-12(15)16-14(19)17(13(11)18)8-10-7-5-4-6-9(10)2/h4-7H,3,8H2,1-2H3,(H,16,19). The van der Waals surface area contributed by atoms with Gasteiger partial charge in [0.05, 0.1) is 12.1 Å². The third-order valence-electron chi connectivity index (χ3n) is 3.17. The van der Waals surface area contributed by atoms with Crippen molar-refractivity contribution in [3.05, 3.63) is 66.9 Å². The molecule has 2 rings (SSSR count). The molecule has 0 unspecified atom stereocenters. The van der Waals surface area contributed by atoms with E-state index in [-0.39, 0.29) is 17.3 Å². The molecule has 0 saturated heterocycles. The number of rotatable bonds is 3. The van der Waals surface area contributed by atoms with E-state index < -0.39 is 5.69 Å². The van der Waals surface area contributed by atoms with Crippen molar-refractivity contribution in [2.45, 2.75) is 26.8 Å². The minimum absolute atomic E-state index is 0.138. The van der Waals surface area contributed by atoms with E-state index >= 15 is 0 Å². The normalized spacial score (nSPS) is 10.7. The molecule has 0 aliphatic heterocycles. The zero-order chi connectivity index (χ0) is 14.0. The molecule has 0 aliphatic carbocycles. The molecule has 4 nitrogen and oxygen atoms in total. The molecule has 1 aromatic heterocycles. The predicted octanol–water partition coefficient (Wildman–Crippen LogP) is 2.11. The van der Waals surface area contributed by atoms with Crippen LogP contribution < -0.4 is 11.2 Å². The summed E-state index contributed by atoms with van der Waals surface area (Å²) in [5.74, 6) is 0. The molecule has 19 heavy (non-hydrogen) atoms. The first-order valence-corrected chi connectivity index (χ1v) is 6.48. The van der Waals surface area contributed by atoms with Gasteiger partial charge in [-0.15, -0.1) is 0 Å². The third kappa shape index (κ3) is 2.63. The molecule has 1 aromatic carbocycles. The highest BCUT2D eigenvalue weighted by Crippen LogP contribution is 2.09. The van der Waals surface area contributed by atoms with Gasteiger partial charge in [-0.2, -0.15) is 0 Å². The Morgan fingerprint density at radius 3 is 2.58 bits per heavy atom. The number of hydrogen-bond donors (Lipinski definition) is 1. The lowest BCUT2D eigenvalue weighted by Crippen LogP contribution is -2.37. The lowest BCUT2D eigenvalue weighted by Gasteiger charge is -2.09. The monoisotopic (exact) mass is 278 g/mol. The zero-order valence-electron chi connectivity index (χ0n) is 10.9. The molecule has 0 aliphatic rings. The fraction of sp³-hybridized carbons (Fsp3) is 0.286. The summed E-state index contributed by atoms with van der Waals surface area (Å²) in [7, 11) is 0. The fourth-order valence-corrected chi connectivity index (χ4v) is 2.29. The van der Waals surface area contributed by atoms with E-state index in [0.717, 1.165) is 11.1 Å². The van der Waals surface area contributed by atoms with Gasteiger partial charge in [0.15, 0.2) is 0 Å². The summed E-state index contributed by atoms with van der Waals surface area (Å²) in [6, 6.07) is 7.66. The maximum absolute atomic E-state index is 12.2. The van der Waals surface area contributed by atoms with Gasteiger partial charge in [0.25, 0.3) is 5.56 Å². The Balaban J connectivity index is 2.56. The van der Waals surface area contributed by atoms with Crippen molar-refractivity contribution in [1.82, 2.24) is 9.55 Å². The molecule has 0 radical (unpaired) electrons. The summed E-state index contributed by atoms with van der Waals surface area (Å²) < 4.78 is 1.19. The summed E-state index contributed by atoms with van der Waals surface area (Å²) in [5.41, 5.74) is 1.63. The molecule has 0 atom stereocenters. The molecule has 100 valence electrons. The summed E-state index contributed by atoms with van der Waals surface area (Å²) in [4.78, 5) is 26.6. The quantitative estimate of drug-likeness (QED) is 0.874. The number of aromatic nitrogens is 2. The number of aromatic amines is 1. The van der Waals surface area contributed by atoms with E-state index in [1.54, 1.807) is 0 Å². The molecular weight excluding hydrogens is 264 g/mol. The van der Waals surface area contributed by atoms with Crippen molar-refractivity contribution in [3.8, 4) is 0 Å². The van der Waals surface area contributed by atoms with Crippen LogP contribution in [0.2, 0.25) is 5.15 Å². The van der Waals surface area contributed by atoms with E-state index in [9.17, 15) is 9.59 Å². The first kappa shape index (κ1) is 13.6. The van der Waals surface area contributed by atoms with Crippen LogP contribution in [0.3, 0.4) is 0 Å². The number of nitrogens with zero attached hydrogens (tertiary/aromatic N) is 1. The van der Waals surface area contributed by atoms with Crippen LogP contribution in [-0.2, 0) is 13.0 Å². The van der Waals surface area contributed by atoms with Crippen LogP contribution in [0.4, 0.5) is 0 Å². The summed E-state index contributed by atoms with van der Waals surface area (Å²) in [6.45, 7) is 4.04. The van der Waals surface area contributed by atoms with E-state index in [2.05, 4.69) is 4.98 Å². The number of halogens is 1. The Kier molecular flexibility index (Phi) is 3.90. The molecule has 5 heteroatoms. The van der Waals surface area contributed by atoms with E-state index in [1.165, 1.54) is 4.57 Å². The van der Waals surface area contributed by atoms with Crippen LogP contribution in [0.25, 0.3) is 0 Å². The lowest BCUT2D eigenvalue weighted by molar-refractivity contribution is 0.683. The molecule has 0 saturated carbocycles. The average molecular weight is 279 g/mol. The molecule has 0 bridgehead atoms. The molecular formula is C14H15ClN2O2. The maximum Gasteiger partial charge on any atom is 0.329 e. The van der Waals surface area contributed by atoms with Gasteiger partial charge >= 0.3 is 5.69 Å². The molecule has 0 fully saturated rings. The second-order valence-electron chi connectivity index (χ2n) is 4.39. The van der Waals surface area contributed by atoms with E-state index in [4.69, 9.17) is 11.6 Å². The minimum Gasteiger partial charge on any atom is -0.297 e. The van der Waals surface area contributed by atoms with Crippen LogP contribution in [0.15, 0.2) is 33.9 Å². The van der Waals surface area contributed by atoms with E-state index in [0.29, 0.717) is 12.0 Å². The van der Waals surface area contributed by atoms with Crippen molar-refractivity contribution in [1.29, 1.82) is 0 Å². The SMILES string of the molecule is CCc1c(Cl)[nH]c(=O)n(Cc2ccccc2C)c1=O. The van der Waals surface area contributed by atoms with Gasteiger partial charge in [0, 0.05) is 0 Å². The van der Waals surface area contributed by atoms with Gasteiger partial charge in [0.1, 0.15) is 5.15 Å². The Hall–Kier alpha value is -1.81. The number of H-pyrrole nitrogens is 1. The van der Waals surface area contributed by atoms with Gasteiger partial charge in [-0.25, -0.2) is 4.79 Å². The van der Waals surface area contributed by atoms with Gasteiger partial charge in [-0.3, -0.25) is 14.3 Å². The topological polar surface area (TPSA) is 54.9 Å². The number of aryl methyl sites for hydroxylation is 1. The number of hydrogen-bond acceptors (Lipinski definition) is 2. The van der Waals surface area contributed by atoms with Gasteiger partial charge < -0.3 is 0 Å². The smallest absolute Gasteiger partial charge is 0.297 e. The summed E-state index contributed by atoms with van der Waals surface area (Å²) >= 11 is 5.87. The third-order valence-corrected chi connectivity index (χ3v) is 3.50. The Bertz CT molecular complexity index is 716. The highest BCUT2D eigenvalue weighted by atomic mass is 35.5. The highest BCUT2D eigenvalue weighted by Gasteiger charge is 2.11. The molecule has 0 amide bonds. The Labute approximate surface area is 115 Å². The molecule has 0 spiro atoms. The van der Waals surface area contributed by atoms with E-state index in [1.807, 2.05) is 38.1 Å². The van der Waals surface area contributed by atoms with Gasteiger partial charge in [-0.1, -0.05) is 42.8 Å². The predicted molar refractivity (Wildman–Crippen MR) is 76.0 cm³/mol. The second kappa shape index (κ2) is 5.45. The van der Waals surface area contributed by atoms with Crippen LogP contribution >= 0.6 is 11.6 Å². The molecule has 1 heterocycles. The average Bonchev–Trinajstić information content (AvgIpc) is 2.36. The number of nitrogens with one attached hydrogen (secondary N) is 1. The number of benzene rings is 1. The van der Waals surface area contributed by atoms with Crippen LogP contribution in [0, 0.1) is 6.92 Å². The Morgan fingerprint density at radius 2 is 1.95 bits per heavy atom. The van der Waals surface area contributed by atoms with Crippen LogP contribution in [0.1, 0.15) is 23.6 Å².